The number of rotatable bonds is 39. The molecule has 0 aliphatic carbocycles. The summed E-state index contributed by atoms with van der Waals surface area (Å²) < 4.78 is 34.1. The lowest BCUT2D eigenvalue weighted by molar-refractivity contribution is -0.379. The topological polar surface area (TPSA) is 307 Å². The molecule has 3 saturated heterocycles. The number of carbonyl (C=O) groups excluding carboxylic acids is 1. The molecule has 0 bridgehead atoms. The molecule has 438 valence electrons. The van der Waals surface area contributed by atoms with Crippen molar-refractivity contribution in [3.63, 3.8) is 0 Å². The smallest absolute Gasteiger partial charge is 0.220 e. The summed E-state index contributed by atoms with van der Waals surface area (Å²) in [7, 11) is 0. The second-order valence-electron chi connectivity index (χ2n) is 20.0. The molecule has 17 atom stereocenters. The largest absolute Gasteiger partial charge is 0.394 e. The summed E-state index contributed by atoms with van der Waals surface area (Å²) >= 11 is 0. The maximum absolute atomic E-state index is 13.2. The monoisotopic (exact) mass is 1080 g/mol. The van der Waals surface area contributed by atoms with Gasteiger partial charge in [-0.2, -0.15) is 0 Å². The van der Waals surface area contributed by atoms with Crippen LogP contribution in [-0.2, 0) is 33.2 Å². The van der Waals surface area contributed by atoms with Crippen molar-refractivity contribution < 1.29 is 89.4 Å². The molecular weight excluding hydrogens is 987 g/mol. The Bertz CT molecular complexity index is 1670. The first-order valence-electron chi connectivity index (χ1n) is 28.2. The zero-order chi connectivity index (χ0) is 55.5. The minimum Gasteiger partial charge on any atom is -0.394 e. The molecule has 0 saturated carbocycles. The zero-order valence-corrected chi connectivity index (χ0v) is 45.2. The van der Waals surface area contributed by atoms with E-state index in [1.165, 1.54) is 70.6 Å². The highest BCUT2D eigenvalue weighted by atomic mass is 16.8. The third kappa shape index (κ3) is 24.7. The van der Waals surface area contributed by atoms with Gasteiger partial charge in [-0.05, 0) is 57.8 Å². The molecule has 3 aliphatic rings. The predicted octanol–water partition coefficient (Wildman–Crippen LogP) is 3.87. The molecule has 0 aromatic heterocycles. The van der Waals surface area contributed by atoms with Gasteiger partial charge in [-0.3, -0.25) is 4.79 Å². The highest BCUT2D eigenvalue weighted by Crippen LogP contribution is 2.33. The molecule has 0 aromatic rings. The van der Waals surface area contributed by atoms with Gasteiger partial charge in [-0.1, -0.05) is 157 Å². The molecule has 17 unspecified atom stereocenters. The number of unbranched alkanes of at least 4 members (excludes halogenated alkanes) is 13. The number of nitrogens with one attached hydrogen (secondary N) is 1. The van der Waals surface area contributed by atoms with Crippen LogP contribution in [0, 0.1) is 0 Å². The van der Waals surface area contributed by atoms with Crippen LogP contribution in [0.2, 0.25) is 0 Å². The molecule has 3 heterocycles. The minimum atomic E-state index is -1.99. The van der Waals surface area contributed by atoms with E-state index in [1.54, 1.807) is 6.08 Å². The van der Waals surface area contributed by atoms with E-state index in [9.17, 15) is 61.0 Å². The van der Waals surface area contributed by atoms with E-state index >= 15 is 0 Å². The van der Waals surface area contributed by atoms with E-state index in [0.29, 0.717) is 19.3 Å². The van der Waals surface area contributed by atoms with Crippen LogP contribution in [0.3, 0.4) is 0 Å². The number of ether oxygens (including phenoxy) is 6. The Morgan fingerprint density at radius 1 is 0.487 bits per heavy atom. The number of amides is 1. The van der Waals surface area contributed by atoms with Gasteiger partial charge in [0.05, 0.1) is 38.6 Å². The van der Waals surface area contributed by atoms with E-state index in [-0.39, 0.29) is 12.3 Å². The van der Waals surface area contributed by atoms with Crippen LogP contribution in [0.1, 0.15) is 149 Å². The fourth-order valence-electron chi connectivity index (χ4n) is 9.10. The third-order valence-electron chi connectivity index (χ3n) is 13.8. The van der Waals surface area contributed by atoms with Gasteiger partial charge in [0.1, 0.15) is 73.2 Å². The quantitative estimate of drug-likeness (QED) is 0.0307. The highest BCUT2D eigenvalue weighted by Gasteiger charge is 2.53. The van der Waals surface area contributed by atoms with Gasteiger partial charge in [0.15, 0.2) is 18.9 Å². The van der Waals surface area contributed by atoms with Gasteiger partial charge in [-0.15, -0.1) is 0 Å². The lowest BCUT2D eigenvalue weighted by Crippen LogP contribution is -2.66. The van der Waals surface area contributed by atoms with E-state index in [1.807, 2.05) is 18.2 Å². The summed E-state index contributed by atoms with van der Waals surface area (Å²) in [5.74, 6) is -0.369. The summed E-state index contributed by atoms with van der Waals surface area (Å²) in [6.07, 6.45) is 19.2. The summed E-state index contributed by atoms with van der Waals surface area (Å²) in [6.45, 7) is 1.50. The van der Waals surface area contributed by atoms with Crippen molar-refractivity contribution in [1.82, 2.24) is 5.32 Å². The first-order chi connectivity index (χ1) is 36.8. The first-order valence-corrected chi connectivity index (χ1v) is 28.2. The number of hydrogen-bond donors (Lipinski definition) is 12. The Labute approximate surface area is 451 Å². The average molecular weight is 1080 g/mol. The van der Waals surface area contributed by atoms with Crippen LogP contribution in [0.5, 0.6) is 0 Å². The molecule has 1 amide bonds. The van der Waals surface area contributed by atoms with Crippen LogP contribution < -0.4 is 5.32 Å². The molecule has 3 fully saturated rings. The molecule has 0 aromatic carbocycles. The zero-order valence-electron chi connectivity index (χ0n) is 45.2. The maximum Gasteiger partial charge on any atom is 0.220 e. The van der Waals surface area contributed by atoms with Crippen molar-refractivity contribution in [1.29, 1.82) is 0 Å². The Kier molecular flexibility index (Phi) is 35.9. The Morgan fingerprint density at radius 2 is 0.921 bits per heavy atom. The second kappa shape index (κ2) is 40.4. The van der Waals surface area contributed by atoms with Crippen molar-refractivity contribution in [2.75, 3.05) is 26.4 Å². The number of allylic oxidation sites excluding steroid dienone is 11. The predicted molar refractivity (Wildman–Crippen MR) is 286 cm³/mol. The molecule has 3 rings (SSSR count). The highest BCUT2D eigenvalue weighted by molar-refractivity contribution is 5.76. The molecule has 12 N–H and O–H groups in total. The minimum absolute atomic E-state index is 0.111. The van der Waals surface area contributed by atoms with Crippen LogP contribution >= 0.6 is 0 Å². The summed E-state index contributed by atoms with van der Waals surface area (Å²) in [4.78, 5) is 13.2. The van der Waals surface area contributed by atoms with Crippen molar-refractivity contribution in [2.24, 2.45) is 0 Å². The fourth-order valence-corrected chi connectivity index (χ4v) is 9.10. The number of carbonyl (C=O) groups is 1. The van der Waals surface area contributed by atoms with E-state index in [2.05, 4.69) is 67.8 Å². The van der Waals surface area contributed by atoms with Gasteiger partial charge < -0.3 is 89.9 Å². The average Bonchev–Trinajstić information content (AvgIpc) is 3.41. The van der Waals surface area contributed by atoms with E-state index in [4.69, 9.17) is 28.4 Å². The molecule has 76 heavy (non-hydrogen) atoms. The molecule has 19 nitrogen and oxygen atoms in total. The SMILES string of the molecule is CC/C=C\C/C=C\C/C=C\C/C=C\CCC(=O)NC(COC1OC(CO)C(OC2OC(CO)C(OC3OC(CO)C(O)C(O)C3O)C(O)C2O)C(O)C1O)C(O)/C=C/CC/C=C/CCCCCCCCCCCCCC. The Balaban J connectivity index is 1.56. The molecule has 0 spiro atoms. The van der Waals surface area contributed by atoms with Gasteiger partial charge in [0.25, 0.3) is 0 Å². The van der Waals surface area contributed by atoms with Crippen LogP contribution in [0.25, 0.3) is 0 Å². The van der Waals surface area contributed by atoms with Crippen molar-refractivity contribution in [3.8, 4) is 0 Å². The summed E-state index contributed by atoms with van der Waals surface area (Å²) in [6, 6.07) is -1.03. The molecule has 19 heteroatoms. The third-order valence-corrected chi connectivity index (χ3v) is 13.8. The van der Waals surface area contributed by atoms with Crippen LogP contribution in [0.15, 0.2) is 72.9 Å². The van der Waals surface area contributed by atoms with Crippen LogP contribution in [0.4, 0.5) is 0 Å². The summed E-state index contributed by atoms with van der Waals surface area (Å²) in [5.41, 5.74) is 0. The first kappa shape index (κ1) is 67.5. The number of hydrogen-bond acceptors (Lipinski definition) is 18. The van der Waals surface area contributed by atoms with Gasteiger partial charge in [0.2, 0.25) is 5.91 Å². The maximum atomic E-state index is 13.2. The molecular formula is C57H97NO18. The van der Waals surface area contributed by atoms with Crippen molar-refractivity contribution in [3.05, 3.63) is 72.9 Å². The summed E-state index contributed by atoms with van der Waals surface area (Å²) in [5, 5.41) is 120. The Morgan fingerprint density at radius 3 is 1.46 bits per heavy atom. The number of aliphatic hydroxyl groups is 11. The number of aliphatic hydroxyl groups excluding tert-OH is 11. The fraction of sp³-hybridized carbons (Fsp3) is 0.772. The van der Waals surface area contributed by atoms with Crippen molar-refractivity contribution >= 4 is 5.91 Å². The Hall–Kier alpha value is -2.77. The van der Waals surface area contributed by atoms with Gasteiger partial charge in [0, 0.05) is 6.42 Å². The van der Waals surface area contributed by atoms with Gasteiger partial charge in [-0.25, -0.2) is 0 Å². The lowest BCUT2D eigenvalue weighted by Gasteiger charge is -2.48. The standard InChI is InChI=1S/C57H97NO18/c1-3-5-7-9-11-13-15-17-18-19-20-21-23-24-26-28-30-32-34-41(62)40(58-45(63)35-33-31-29-27-25-22-16-14-12-10-8-6-4-2)39-71-55-51(69)48(66)53(43(37-60)73-55)76-57-52(70)49(67)54(44(38-61)74-57)75-56-50(68)47(65)46(64)42(36-59)72-56/h6,8,12,14,22,24-26,29,31-32,34,40-44,46-57,59-62,64-70H,3-5,7,9-11,13,15-21,23,27-28,30,33,35-39H2,1-2H3,(H,58,63)/b8-6-,14-12-,25-22-,26-24+,31-29-,34-32+. The van der Waals surface area contributed by atoms with E-state index in [0.717, 1.165) is 38.5 Å². The lowest BCUT2D eigenvalue weighted by atomic mass is 9.96. The van der Waals surface area contributed by atoms with E-state index < -0.39 is 131 Å². The van der Waals surface area contributed by atoms with Gasteiger partial charge >= 0.3 is 0 Å². The van der Waals surface area contributed by atoms with Crippen molar-refractivity contribution in [2.45, 2.75) is 253 Å². The molecule has 3 aliphatic heterocycles. The second-order valence-corrected chi connectivity index (χ2v) is 20.0. The van der Waals surface area contributed by atoms with Crippen LogP contribution in [-0.4, -0.2) is 193 Å². The molecule has 0 radical (unpaired) electrons. The normalized spacial score (nSPS) is 31.5.